The molecule has 0 bridgehead atoms. The van der Waals surface area contributed by atoms with Crippen molar-refractivity contribution >= 4 is 0 Å². The highest BCUT2D eigenvalue weighted by atomic mass is 16.5. The number of rotatable bonds is 1. The number of hydrogen-bond acceptors (Lipinski definition) is 2. The minimum atomic E-state index is 0.924. The Morgan fingerprint density at radius 1 is 1.00 bits per heavy atom. The van der Waals surface area contributed by atoms with E-state index in [1.165, 1.54) is 13.0 Å². The molecular formula is C11H27NO. The van der Waals surface area contributed by atoms with Gasteiger partial charge in [-0.15, -0.1) is 0 Å². The first-order valence-electron chi connectivity index (χ1n) is 5.65. The Morgan fingerprint density at radius 2 is 1.38 bits per heavy atom. The van der Waals surface area contributed by atoms with Gasteiger partial charge in [-0.2, -0.15) is 0 Å². The fourth-order valence-corrected chi connectivity index (χ4v) is 0.917. The number of nitrogens with zero attached hydrogens (tertiary/aromatic N) is 1. The average Bonchev–Trinajstić information content (AvgIpc) is 2.23. The number of likely N-dealkylation sites (N-methyl/N-ethyl adjacent to an activating group) is 1. The molecule has 1 rings (SSSR count). The highest BCUT2D eigenvalue weighted by Gasteiger charge is 2.05. The first-order chi connectivity index (χ1) is 6.35. The van der Waals surface area contributed by atoms with Gasteiger partial charge in [-0.3, -0.25) is 4.90 Å². The lowest BCUT2D eigenvalue weighted by molar-refractivity contribution is 0.0405. The lowest BCUT2D eigenvalue weighted by Crippen LogP contribution is -2.35. The monoisotopic (exact) mass is 189 g/mol. The van der Waals surface area contributed by atoms with Crippen LogP contribution in [0.1, 0.15) is 41.0 Å². The average molecular weight is 189 g/mol. The Kier molecular flexibility index (Phi) is 17.1. The van der Waals surface area contributed by atoms with Gasteiger partial charge in [0.25, 0.3) is 0 Å². The van der Waals surface area contributed by atoms with Crippen LogP contribution in [0.2, 0.25) is 0 Å². The highest BCUT2D eigenvalue weighted by molar-refractivity contribution is 4.57. The first-order valence-corrected chi connectivity index (χ1v) is 5.65. The third-order valence-electron chi connectivity index (χ3n) is 1.55. The van der Waals surface area contributed by atoms with Crippen LogP contribution < -0.4 is 0 Å². The summed E-state index contributed by atoms with van der Waals surface area (Å²) in [6.07, 6.45) is 1.25. The van der Waals surface area contributed by atoms with Gasteiger partial charge in [0.05, 0.1) is 13.2 Å². The minimum Gasteiger partial charge on any atom is -0.379 e. The van der Waals surface area contributed by atoms with Crippen molar-refractivity contribution in [3.8, 4) is 0 Å². The second-order valence-electron chi connectivity index (χ2n) is 2.75. The molecule has 1 fully saturated rings. The molecule has 0 amide bonds. The molecule has 0 saturated carbocycles. The van der Waals surface area contributed by atoms with Gasteiger partial charge in [0.15, 0.2) is 0 Å². The molecule has 0 radical (unpaired) electrons. The molecule has 1 saturated heterocycles. The fourth-order valence-electron chi connectivity index (χ4n) is 0.917. The van der Waals surface area contributed by atoms with Crippen LogP contribution in [0.4, 0.5) is 0 Å². The topological polar surface area (TPSA) is 12.5 Å². The number of hydrogen-bond donors (Lipinski definition) is 0. The van der Waals surface area contributed by atoms with Gasteiger partial charge < -0.3 is 4.74 Å². The molecule has 0 N–H and O–H groups in total. The van der Waals surface area contributed by atoms with Gasteiger partial charge in [0.1, 0.15) is 0 Å². The highest BCUT2D eigenvalue weighted by Crippen LogP contribution is 1.93. The standard InChI is InChI=1S/C6H13NO.C3H8.C2H6/c1-2-7-3-5-8-6-4-7;1-3-2;1-2/h2-6H2,1H3;3H2,1-2H3;1-2H3. The van der Waals surface area contributed by atoms with E-state index in [1.54, 1.807) is 0 Å². The van der Waals surface area contributed by atoms with E-state index in [-0.39, 0.29) is 0 Å². The molecule has 1 heterocycles. The van der Waals surface area contributed by atoms with Crippen LogP contribution in [0.5, 0.6) is 0 Å². The molecule has 0 aromatic carbocycles. The Morgan fingerprint density at radius 3 is 1.62 bits per heavy atom. The summed E-state index contributed by atoms with van der Waals surface area (Å²) in [7, 11) is 0. The lowest BCUT2D eigenvalue weighted by Gasteiger charge is -2.24. The molecule has 0 atom stereocenters. The number of ether oxygens (including phenoxy) is 1. The van der Waals surface area contributed by atoms with Crippen LogP contribution in [0, 0.1) is 0 Å². The van der Waals surface area contributed by atoms with E-state index in [0.717, 1.165) is 26.3 Å². The molecule has 1 aliphatic rings. The third-order valence-corrected chi connectivity index (χ3v) is 1.55. The van der Waals surface area contributed by atoms with Crippen LogP contribution in [-0.4, -0.2) is 37.7 Å². The van der Waals surface area contributed by atoms with Crippen molar-refractivity contribution in [3.63, 3.8) is 0 Å². The lowest BCUT2D eigenvalue weighted by atomic mass is 10.4. The Balaban J connectivity index is 0. The summed E-state index contributed by atoms with van der Waals surface area (Å²) in [4.78, 5) is 2.39. The van der Waals surface area contributed by atoms with Crippen molar-refractivity contribution < 1.29 is 4.74 Å². The van der Waals surface area contributed by atoms with E-state index in [4.69, 9.17) is 4.74 Å². The Hall–Kier alpha value is -0.0800. The summed E-state index contributed by atoms with van der Waals surface area (Å²) in [6, 6.07) is 0. The molecule has 0 aromatic heterocycles. The van der Waals surface area contributed by atoms with E-state index in [9.17, 15) is 0 Å². The summed E-state index contributed by atoms with van der Waals surface area (Å²) >= 11 is 0. The van der Waals surface area contributed by atoms with Crippen molar-refractivity contribution in [1.82, 2.24) is 4.90 Å². The fraction of sp³-hybridized carbons (Fsp3) is 1.00. The smallest absolute Gasteiger partial charge is 0.0594 e. The first kappa shape index (κ1) is 15.4. The van der Waals surface area contributed by atoms with E-state index in [1.807, 2.05) is 13.8 Å². The summed E-state index contributed by atoms with van der Waals surface area (Å²) in [5.74, 6) is 0. The quantitative estimate of drug-likeness (QED) is 0.629. The van der Waals surface area contributed by atoms with E-state index in [2.05, 4.69) is 25.7 Å². The van der Waals surface area contributed by atoms with Crippen molar-refractivity contribution in [1.29, 1.82) is 0 Å². The van der Waals surface area contributed by atoms with Crippen molar-refractivity contribution in [2.24, 2.45) is 0 Å². The predicted octanol–water partition coefficient (Wildman–Crippen LogP) is 2.78. The summed E-state index contributed by atoms with van der Waals surface area (Å²) in [6.45, 7) is 15.7. The maximum absolute atomic E-state index is 5.16. The second kappa shape index (κ2) is 14.4. The van der Waals surface area contributed by atoms with Crippen LogP contribution in [0.3, 0.4) is 0 Å². The van der Waals surface area contributed by atoms with Crippen molar-refractivity contribution in [2.75, 3.05) is 32.8 Å². The normalized spacial score (nSPS) is 16.4. The van der Waals surface area contributed by atoms with E-state index >= 15 is 0 Å². The van der Waals surface area contributed by atoms with Gasteiger partial charge in [0.2, 0.25) is 0 Å². The molecule has 1 aliphatic heterocycles. The third kappa shape index (κ3) is 11.9. The SMILES string of the molecule is CC.CCC.CCN1CCOCC1. The summed E-state index contributed by atoms with van der Waals surface area (Å²) in [5, 5.41) is 0. The van der Waals surface area contributed by atoms with Gasteiger partial charge in [-0.05, 0) is 6.54 Å². The molecular weight excluding hydrogens is 162 g/mol. The van der Waals surface area contributed by atoms with E-state index in [0.29, 0.717) is 0 Å². The minimum absolute atomic E-state index is 0.924. The number of morpholine rings is 1. The van der Waals surface area contributed by atoms with Crippen LogP contribution in [-0.2, 0) is 4.74 Å². The van der Waals surface area contributed by atoms with Gasteiger partial charge in [-0.1, -0.05) is 41.0 Å². The van der Waals surface area contributed by atoms with Crippen LogP contribution in [0.25, 0.3) is 0 Å². The largest absolute Gasteiger partial charge is 0.379 e. The van der Waals surface area contributed by atoms with Crippen molar-refractivity contribution in [2.45, 2.75) is 41.0 Å². The maximum Gasteiger partial charge on any atom is 0.0594 e. The van der Waals surface area contributed by atoms with Gasteiger partial charge in [-0.25, -0.2) is 0 Å². The maximum atomic E-state index is 5.16. The predicted molar refractivity (Wildman–Crippen MR) is 60.2 cm³/mol. The van der Waals surface area contributed by atoms with Crippen molar-refractivity contribution in [3.05, 3.63) is 0 Å². The van der Waals surface area contributed by atoms with E-state index < -0.39 is 0 Å². The molecule has 82 valence electrons. The molecule has 13 heavy (non-hydrogen) atoms. The van der Waals surface area contributed by atoms with Crippen LogP contribution in [0.15, 0.2) is 0 Å². The van der Waals surface area contributed by atoms with Gasteiger partial charge in [0, 0.05) is 13.1 Å². The molecule has 0 unspecified atom stereocenters. The molecule has 0 aromatic rings. The zero-order valence-electron chi connectivity index (χ0n) is 10.1. The molecule has 2 heteroatoms. The second-order valence-corrected chi connectivity index (χ2v) is 2.75. The Labute approximate surface area is 84.3 Å². The molecule has 2 nitrogen and oxygen atoms in total. The summed E-state index contributed by atoms with van der Waals surface area (Å²) < 4.78 is 5.16. The zero-order chi connectivity index (χ0) is 10.5. The van der Waals surface area contributed by atoms with Crippen LogP contribution >= 0.6 is 0 Å². The Bertz CT molecular complexity index is 70.5. The molecule has 0 aliphatic carbocycles. The molecule has 0 spiro atoms. The zero-order valence-corrected chi connectivity index (χ0v) is 10.1. The van der Waals surface area contributed by atoms with Gasteiger partial charge >= 0.3 is 0 Å². The summed E-state index contributed by atoms with van der Waals surface area (Å²) in [5.41, 5.74) is 0.